The van der Waals surface area contributed by atoms with E-state index in [9.17, 15) is 18.0 Å². The molecule has 1 heterocycles. The molecule has 0 bridgehead atoms. The maximum absolute atomic E-state index is 12.0. The summed E-state index contributed by atoms with van der Waals surface area (Å²) in [5.41, 5.74) is -0.657. The van der Waals surface area contributed by atoms with Gasteiger partial charge >= 0.3 is 6.18 Å². The van der Waals surface area contributed by atoms with Crippen LogP contribution < -0.4 is 0 Å². The van der Waals surface area contributed by atoms with E-state index in [4.69, 9.17) is 0 Å². The number of ketones is 1. The normalized spacial score (nSPS) is 13.8. The second kappa shape index (κ2) is 4.63. The molecular weight excluding hydrogens is 223 g/mol. The number of aromatic nitrogens is 3. The number of carbonyl (C=O) groups excluding carboxylic acids is 1. The molecule has 0 fully saturated rings. The Morgan fingerprint density at radius 3 is 2.69 bits per heavy atom. The molecule has 16 heavy (non-hydrogen) atoms. The van der Waals surface area contributed by atoms with Gasteiger partial charge in [0.1, 0.15) is 0 Å². The Labute approximate surface area is 90.4 Å². The fraction of sp³-hybridized carbons (Fsp3) is 0.667. The third kappa shape index (κ3) is 3.04. The van der Waals surface area contributed by atoms with E-state index >= 15 is 0 Å². The van der Waals surface area contributed by atoms with Gasteiger partial charge in [0.2, 0.25) is 0 Å². The van der Waals surface area contributed by atoms with Crippen LogP contribution in [-0.2, 0) is 6.54 Å². The fourth-order valence-corrected chi connectivity index (χ4v) is 1.09. The second-order valence-corrected chi connectivity index (χ2v) is 3.67. The zero-order valence-electron chi connectivity index (χ0n) is 8.95. The molecule has 1 rings (SSSR count). The Hall–Kier alpha value is -1.40. The molecule has 0 aliphatic heterocycles. The molecule has 4 nitrogen and oxygen atoms in total. The lowest BCUT2D eigenvalue weighted by Gasteiger charge is -2.06. The van der Waals surface area contributed by atoms with Gasteiger partial charge < -0.3 is 0 Å². The van der Waals surface area contributed by atoms with Gasteiger partial charge in [-0.15, -0.1) is 5.10 Å². The number of rotatable bonds is 4. The van der Waals surface area contributed by atoms with Crippen molar-refractivity contribution < 1.29 is 18.0 Å². The molecule has 1 atom stereocenters. The van der Waals surface area contributed by atoms with Crippen molar-refractivity contribution in [2.45, 2.75) is 33.0 Å². The summed E-state index contributed by atoms with van der Waals surface area (Å²) >= 11 is 0. The van der Waals surface area contributed by atoms with Gasteiger partial charge in [0.05, 0.1) is 6.20 Å². The first-order valence-corrected chi connectivity index (χ1v) is 4.86. The molecular formula is C9H12F3N3O. The molecule has 1 aromatic rings. The van der Waals surface area contributed by atoms with Gasteiger partial charge in [-0.3, -0.25) is 9.48 Å². The van der Waals surface area contributed by atoms with Gasteiger partial charge in [-0.05, 0) is 5.92 Å². The predicted octanol–water partition coefficient (Wildman–Crippen LogP) is 2.07. The highest BCUT2D eigenvalue weighted by atomic mass is 19.4. The molecule has 0 N–H and O–H groups in total. The quantitative estimate of drug-likeness (QED) is 0.750. The zero-order valence-corrected chi connectivity index (χ0v) is 8.95. The van der Waals surface area contributed by atoms with Crippen molar-refractivity contribution in [2.75, 3.05) is 0 Å². The molecule has 0 aliphatic rings. The molecule has 0 aliphatic carbocycles. The van der Waals surface area contributed by atoms with Crippen LogP contribution in [0.4, 0.5) is 13.2 Å². The number of alkyl halides is 3. The van der Waals surface area contributed by atoms with Gasteiger partial charge in [0.25, 0.3) is 5.78 Å². The monoisotopic (exact) mass is 235 g/mol. The standard InChI is InChI=1S/C9H12F3N3O/c1-3-6(2)4-15-5-7(13-14-15)8(16)9(10,11)12/h5-6H,3-4H2,1-2H3. The van der Waals surface area contributed by atoms with Gasteiger partial charge in [0, 0.05) is 6.54 Å². The van der Waals surface area contributed by atoms with E-state index in [1.165, 1.54) is 4.68 Å². The van der Waals surface area contributed by atoms with E-state index in [2.05, 4.69) is 10.3 Å². The van der Waals surface area contributed by atoms with Crippen LogP contribution in [0.3, 0.4) is 0 Å². The minimum absolute atomic E-state index is 0.274. The summed E-state index contributed by atoms with van der Waals surface area (Å²) in [6.45, 7) is 4.35. The molecule has 1 aromatic heterocycles. The SMILES string of the molecule is CCC(C)Cn1cc(C(=O)C(F)(F)F)nn1. The van der Waals surface area contributed by atoms with Crippen LogP contribution in [0.5, 0.6) is 0 Å². The predicted molar refractivity (Wildman–Crippen MR) is 49.9 cm³/mol. The fourth-order valence-electron chi connectivity index (χ4n) is 1.09. The van der Waals surface area contributed by atoms with Gasteiger partial charge in [-0.25, -0.2) is 0 Å². The van der Waals surface area contributed by atoms with Crippen molar-refractivity contribution in [2.24, 2.45) is 5.92 Å². The van der Waals surface area contributed by atoms with E-state index in [0.29, 0.717) is 6.54 Å². The van der Waals surface area contributed by atoms with Crippen LogP contribution >= 0.6 is 0 Å². The topological polar surface area (TPSA) is 47.8 Å². The smallest absolute Gasteiger partial charge is 0.282 e. The van der Waals surface area contributed by atoms with E-state index < -0.39 is 17.7 Å². The third-order valence-electron chi connectivity index (χ3n) is 2.22. The Kier molecular flexibility index (Phi) is 3.66. The van der Waals surface area contributed by atoms with Gasteiger partial charge in [-0.1, -0.05) is 25.5 Å². The first-order valence-electron chi connectivity index (χ1n) is 4.86. The molecule has 0 radical (unpaired) electrons. The Morgan fingerprint density at radius 2 is 2.19 bits per heavy atom. The second-order valence-electron chi connectivity index (χ2n) is 3.67. The highest BCUT2D eigenvalue weighted by Gasteiger charge is 2.41. The van der Waals surface area contributed by atoms with E-state index in [-0.39, 0.29) is 5.92 Å². The molecule has 1 unspecified atom stereocenters. The molecule has 0 spiro atoms. The number of hydrogen-bond acceptors (Lipinski definition) is 3. The summed E-state index contributed by atoms with van der Waals surface area (Å²) in [6.07, 6.45) is -2.98. The number of carbonyl (C=O) groups is 1. The Bertz CT molecular complexity index is 372. The first kappa shape index (κ1) is 12.7. The molecule has 0 saturated heterocycles. The number of Topliss-reactive ketones (excluding diaryl/α,β-unsaturated/α-hetero) is 1. The van der Waals surface area contributed by atoms with Crippen molar-refractivity contribution in [1.29, 1.82) is 0 Å². The maximum atomic E-state index is 12.0. The minimum Gasteiger partial charge on any atom is -0.282 e. The molecule has 7 heteroatoms. The lowest BCUT2D eigenvalue weighted by molar-refractivity contribution is -0.0888. The van der Waals surface area contributed by atoms with Crippen LogP contribution in [0.15, 0.2) is 6.20 Å². The summed E-state index contributed by atoms with van der Waals surface area (Å²) in [4.78, 5) is 10.8. The Morgan fingerprint density at radius 1 is 1.56 bits per heavy atom. The van der Waals surface area contributed by atoms with Crippen molar-refractivity contribution in [1.82, 2.24) is 15.0 Å². The molecule has 0 saturated carbocycles. The van der Waals surface area contributed by atoms with Crippen molar-refractivity contribution in [3.05, 3.63) is 11.9 Å². The van der Waals surface area contributed by atoms with E-state index in [1.54, 1.807) is 0 Å². The first-order chi connectivity index (χ1) is 7.34. The average Bonchev–Trinajstić information content (AvgIpc) is 2.63. The van der Waals surface area contributed by atoms with E-state index in [0.717, 1.165) is 12.6 Å². The van der Waals surface area contributed by atoms with Crippen molar-refractivity contribution in [3.63, 3.8) is 0 Å². The summed E-state index contributed by atoms with van der Waals surface area (Å²) < 4.78 is 37.4. The number of nitrogens with zero attached hydrogens (tertiary/aromatic N) is 3. The zero-order chi connectivity index (χ0) is 12.3. The van der Waals surface area contributed by atoms with Crippen molar-refractivity contribution >= 4 is 5.78 Å². The van der Waals surface area contributed by atoms with Crippen LogP contribution in [0.1, 0.15) is 30.8 Å². The summed E-state index contributed by atoms with van der Waals surface area (Å²) in [7, 11) is 0. The van der Waals surface area contributed by atoms with E-state index in [1.807, 2.05) is 13.8 Å². The molecule has 0 amide bonds. The Balaban J connectivity index is 2.76. The van der Waals surface area contributed by atoms with Crippen LogP contribution in [0.2, 0.25) is 0 Å². The van der Waals surface area contributed by atoms with Crippen LogP contribution in [0.25, 0.3) is 0 Å². The van der Waals surface area contributed by atoms with Crippen LogP contribution in [-0.4, -0.2) is 27.0 Å². The molecule has 90 valence electrons. The summed E-state index contributed by atoms with van der Waals surface area (Å²) in [5.74, 6) is -1.68. The summed E-state index contributed by atoms with van der Waals surface area (Å²) in [6, 6.07) is 0. The van der Waals surface area contributed by atoms with Crippen molar-refractivity contribution in [3.8, 4) is 0 Å². The summed E-state index contributed by atoms with van der Waals surface area (Å²) in [5, 5.41) is 6.70. The minimum atomic E-state index is -4.89. The van der Waals surface area contributed by atoms with Gasteiger partial charge in [0.15, 0.2) is 5.69 Å². The van der Waals surface area contributed by atoms with Gasteiger partial charge in [-0.2, -0.15) is 13.2 Å². The number of hydrogen-bond donors (Lipinski definition) is 0. The maximum Gasteiger partial charge on any atom is 0.456 e. The lowest BCUT2D eigenvalue weighted by atomic mass is 10.1. The number of halogens is 3. The lowest BCUT2D eigenvalue weighted by Crippen LogP contribution is -2.23. The molecule has 0 aromatic carbocycles. The highest BCUT2D eigenvalue weighted by molar-refractivity contribution is 5.98. The highest BCUT2D eigenvalue weighted by Crippen LogP contribution is 2.20. The third-order valence-corrected chi connectivity index (χ3v) is 2.22. The average molecular weight is 235 g/mol. The van der Waals surface area contributed by atoms with Crippen LogP contribution in [0, 0.1) is 5.92 Å². The largest absolute Gasteiger partial charge is 0.456 e.